The molecule has 156 valence electrons. The molecule has 0 unspecified atom stereocenters. The van der Waals surface area contributed by atoms with Gasteiger partial charge in [-0.25, -0.2) is 0 Å². The monoisotopic (exact) mass is 428 g/mol. The summed E-state index contributed by atoms with van der Waals surface area (Å²) in [6.45, 7) is -2.92. The molecule has 3 aromatic rings. The van der Waals surface area contributed by atoms with Crippen molar-refractivity contribution in [3.63, 3.8) is 0 Å². The molecular formula is C23H22F2N2O2S. The zero-order valence-electron chi connectivity index (χ0n) is 16.2. The van der Waals surface area contributed by atoms with Crippen LogP contribution in [0.4, 0.5) is 14.5 Å². The first-order valence-electron chi connectivity index (χ1n) is 9.82. The van der Waals surface area contributed by atoms with Crippen LogP contribution in [0.1, 0.15) is 34.0 Å². The van der Waals surface area contributed by atoms with E-state index in [4.69, 9.17) is 0 Å². The lowest BCUT2D eigenvalue weighted by Gasteiger charge is -2.19. The summed E-state index contributed by atoms with van der Waals surface area (Å²) in [5.74, 6) is -0.391. The Morgan fingerprint density at radius 2 is 1.90 bits per heavy atom. The fraction of sp³-hybridized carbons (Fsp3) is 0.261. The number of carbonyl (C=O) groups is 1. The number of amides is 1. The molecule has 0 spiro atoms. The second kappa shape index (κ2) is 9.36. The number of rotatable bonds is 8. The Bertz CT molecular complexity index is 1010. The van der Waals surface area contributed by atoms with E-state index in [1.165, 1.54) is 29.7 Å². The van der Waals surface area contributed by atoms with Crippen LogP contribution in [0.15, 0.2) is 60.0 Å². The highest BCUT2D eigenvalue weighted by Crippen LogP contribution is 2.30. The Morgan fingerprint density at radius 1 is 1.07 bits per heavy atom. The SMILES string of the molecule is O=C(CN[C@H](c1ccc2c(c1)CCC2)c1cccs1)Nc1ccccc1OC(F)F. The Kier molecular flexibility index (Phi) is 6.40. The first-order valence-corrected chi connectivity index (χ1v) is 10.7. The van der Waals surface area contributed by atoms with Gasteiger partial charge in [-0.1, -0.05) is 36.4 Å². The molecule has 1 heterocycles. The van der Waals surface area contributed by atoms with Gasteiger partial charge in [0.2, 0.25) is 5.91 Å². The summed E-state index contributed by atoms with van der Waals surface area (Å²) >= 11 is 1.63. The molecule has 0 fully saturated rings. The van der Waals surface area contributed by atoms with Gasteiger partial charge in [0, 0.05) is 4.88 Å². The third-order valence-electron chi connectivity index (χ3n) is 5.13. The van der Waals surface area contributed by atoms with Crippen LogP contribution in [0, 0.1) is 0 Å². The van der Waals surface area contributed by atoms with Gasteiger partial charge in [0.05, 0.1) is 18.3 Å². The van der Waals surface area contributed by atoms with E-state index in [0.29, 0.717) is 0 Å². The maximum absolute atomic E-state index is 12.6. The summed E-state index contributed by atoms with van der Waals surface area (Å²) in [5.41, 5.74) is 4.11. The van der Waals surface area contributed by atoms with Gasteiger partial charge in [0.1, 0.15) is 5.75 Å². The number of hydrogen-bond donors (Lipinski definition) is 2. The number of anilines is 1. The van der Waals surface area contributed by atoms with Crippen LogP contribution in [0.5, 0.6) is 5.75 Å². The molecule has 0 aliphatic heterocycles. The van der Waals surface area contributed by atoms with E-state index in [9.17, 15) is 13.6 Å². The number of aryl methyl sites for hydroxylation is 2. The highest BCUT2D eigenvalue weighted by atomic mass is 32.1. The lowest BCUT2D eigenvalue weighted by atomic mass is 10.00. The summed E-state index contributed by atoms with van der Waals surface area (Å²) in [7, 11) is 0. The minimum Gasteiger partial charge on any atom is -0.433 e. The molecule has 1 atom stereocenters. The number of fused-ring (bicyclic) bond motifs is 1. The van der Waals surface area contributed by atoms with Crippen LogP contribution in [0.25, 0.3) is 0 Å². The number of para-hydroxylation sites is 2. The van der Waals surface area contributed by atoms with E-state index < -0.39 is 6.61 Å². The van der Waals surface area contributed by atoms with E-state index in [2.05, 4.69) is 33.6 Å². The lowest BCUT2D eigenvalue weighted by Crippen LogP contribution is -2.31. The van der Waals surface area contributed by atoms with Crippen LogP contribution in [-0.2, 0) is 17.6 Å². The summed E-state index contributed by atoms with van der Waals surface area (Å²) in [4.78, 5) is 13.6. The normalized spacial score (nSPS) is 13.8. The minimum absolute atomic E-state index is 0.0304. The summed E-state index contributed by atoms with van der Waals surface area (Å²) in [6.07, 6.45) is 3.38. The molecule has 2 aromatic carbocycles. The highest BCUT2D eigenvalue weighted by molar-refractivity contribution is 7.10. The van der Waals surface area contributed by atoms with Crippen LogP contribution < -0.4 is 15.4 Å². The van der Waals surface area contributed by atoms with E-state index in [-0.39, 0.29) is 29.9 Å². The standard InChI is InChI=1S/C23H22F2N2O2S/c24-23(25)29-19-8-2-1-7-18(19)27-21(28)14-26-22(20-9-4-12-30-20)17-11-10-15-5-3-6-16(15)13-17/h1-2,4,7-13,22-23,26H,3,5-6,14H2,(H,27,28)/t22-/m1/s1. The third kappa shape index (κ3) is 4.86. The largest absolute Gasteiger partial charge is 0.433 e. The maximum atomic E-state index is 12.6. The fourth-order valence-electron chi connectivity index (χ4n) is 3.77. The number of ether oxygens (including phenoxy) is 1. The molecule has 1 aliphatic carbocycles. The highest BCUT2D eigenvalue weighted by Gasteiger charge is 2.20. The van der Waals surface area contributed by atoms with Gasteiger partial charge in [-0.05, 0) is 59.5 Å². The first-order chi connectivity index (χ1) is 14.6. The van der Waals surface area contributed by atoms with Gasteiger partial charge >= 0.3 is 6.61 Å². The second-order valence-electron chi connectivity index (χ2n) is 7.13. The summed E-state index contributed by atoms with van der Waals surface area (Å²) < 4.78 is 29.6. The van der Waals surface area contributed by atoms with Gasteiger partial charge < -0.3 is 10.1 Å². The Hall–Kier alpha value is -2.77. The van der Waals surface area contributed by atoms with Crippen LogP contribution in [0.2, 0.25) is 0 Å². The minimum atomic E-state index is -2.95. The molecule has 7 heteroatoms. The lowest BCUT2D eigenvalue weighted by molar-refractivity contribution is -0.115. The van der Waals surface area contributed by atoms with Crippen molar-refractivity contribution in [3.8, 4) is 5.75 Å². The van der Waals surface area contributed by atoms with Crippen molar-refractivity contribution in [3.05, 3.63) is 81.5 Å². The Morgan fingerprint density at radius 3 is 2.70 bits per heavy atom. The number of hydrogen-bond acceptors (Lipinski definition) is 4. The Balaban J connectivity index is 1.47. The maximum Gasteiger partial charge on any atom is 0.387 e. The average Bonchev–Trinajstić information content (AvgIpc) is 3.41. The van der Waals surface area contributed by atoms with Gasteiger partial charge in [-0.3, -0.25) is 10.1 Å². The van der Waals surface area contributed by atoms with E-state index >= 15 is 0 Å². The summed E-state index contributed by atoms with van der Waals surface area (Å²) in [6, 6.07) is 16.6. The quantitative estimate of drug-likeness (QED) is 0.521. The predicted molar refractivity (Wildman–Crippen MR) is 114 cm³/mol. The topological polar surface area (TPSA) is 50.4 Å². The van der Waals surface area contributed by atoms with Crippen molar-refractivity contribution < 1.29 is 18.3 Å². The number of halogens is 2. The van der Waals surface area contributed by atoms with Gasteiger partial charge in [0.15, 0.2) is 0 Å². The van der Waals surface area contributed by atoms with Crippen LogP contribution in [-0.4, -0.2) is 19.1 Å². The second-order valence-corrected chi connectivity index (χ2v) is 8.11. The molecule has 4 nitrogen and oxygen atoms in total. The Labute approximate surface area is 177 Å². The predicted octanol–water partition coefficient (Wildman–Crippen LogP) is 5.16. The van der Waals surface area contributed by atoms with E-state index in [1.54, 1.807) is 23.5 Å². The molecule has 1 aliphatic rings. The molecule has 2 N–H and O–H groups in total. The van der Waals surface area contributed by atoms with Crippen LogP contribution in [0.3, 0.4) is 0 Å². The third-order valence-corrected chi connectivity index (χ3v) is 6.06. The van der Waals surface area contributed by atoms with Gasteiger partial charge in [-0.15, -0.1) is 11.3 Å². The zero-order chi connectivity index (χ0) is 20.9. The number of alkyl halides is 2. The molecule has 1 aromatic heterocycles. The smallest absolute Gasteiger partial charge is 0.387 e. The first kappa shape index (κ1) is 20.5. The molecular weight excluding hydrogens is 406 g/mol. The van der Waals surface area contributed by atoms with Crippen molar-refractivity contribution in [2.24, 2.45) is 0 Å². The number of nitrogens with one attached hydrogen (secondary N) is 2. The zero-order valence-corrected chi connectivity index (χ0v) is 17.1. The van der Waals surface area contributed by atoms with Crippen molar-refractivity contribution in [2.75, 3.05) is 11.9 Å². The molecule has 0 saturated carbocycles. The van der Waals surface area contributed by atoms with E-state index in [0.717, 1.165) is 23.3 Å². The van der Waals surface area contributed by atoms with Crippen molar-refractivity contribution in [1.29, 1.82) is 0 Å². The van der Waals surface area contributed by atoms with E-state index in [1.807, 2.05) is 17.5 Å². The molecule has 0 bridgehead atoms. The van der Waals surface area contributed by atoms with Crippen molar-refractivity contribution in [2.45, 2.75) is 31.9 Å². The number of carbonyl (C=O) groups excluding carboxylic acids is 1. The van der Waals surface area contributed by atoms with Gasteiger partial charge in [0.25, 0.3) is 0 Å². The van der Waals surface area contributed by atoms with Gasteiger partial charge in [-0.2, -0.15) is 8.78 Å². The molecule has 0 radical (unpaired) electrons. The number of benzene rings is 2. The fourth-order valence-corrected chi connectivity index (χ4v) is 4.59. The number of thiophene rings is 1. The van der Waals surface area contributed by atoms with Crippen molar-refractivity contribution in [1.82, 2.24) is 5.32 Å². The van der Waals surface area contributed by atoms with Crippen molar-refractivity contribution >= 4 is 22.9 Å². The summed E-state index contributed by atoms with van der Waals surface area (Å²) in [5, 5.41) is 7.98. The van der Waals surface area contributed by atoms with Crippen LogP contribution >= 0.6 is 11.3 Å². The average molecular weight is 429 g/mol. The molecule has 0 saturated heterocycles. The molecule has 1 amide bonds. The molecule has 30 heavy (non-hydrogen) atoms. The molecule has 4 rings (SSSR count).